The molecular weight excluding hydrogens is 378 g/mol. The molecular formula is C21H24ClN3O3. The smallest absolute Gasteiger partial charge is 0.319 e. The van der Waals surface area contributed by atoms with Crippen LogP contribution in [0.2, 0.25) is 0 Å². The number of amides is 2. The third-order valence-electron chi connectivity index (χ3n) is 4.24. The Kier molecular flexibility index (Phi) is 7.46. The largest absolute Gasteiger partial charge is 0.427 e. The van der Waals surface area contributed by atoms with Crippen LogP contribution in [0, 0.1) is 0 Å². The van der Waals surface area contributed by atoms with Gasteiger partial charge in [0.15, 0.2) is 0 Å². The quantitative estimate of drug-likeness (QED) is 0.415. The number of carbonyl (C=O) groups is 2. The minimum absolute atomic E-state index is 0. The van der Waals surface area contributed by atoms with Crippen molar-refractivity contribution in [1.29, 1.82) is 0 Å². The van der Waals surface area contributed by atoms with Gasteiger partial charge in [-0.1, -0.05) is 18.2 Å². The SMILES string of the molecule is CC(=O)Oc1ccc(CCC(C)NC(=O)Nc2ccc3cc[nH]c3c2)cc1.Cl. The summed E-state index contributed by atoms with van der Waals surface area (Å²) in [5, 5.41) is 6.91. The molecule has 3 aromatic rings. The molecule has 0 spiro atoms. The van der Waals surface area contributed by atoms with Crippen molar-refractivity contribution >= 4 is 41.0 Å². The molecule has 0 saturated carbocycles. The van der Waals surface area contributed by atoms with Crippen molar-refractivity contribution in [1.82, 2.24) is 10.3 Å². The highest BCUT2D eigenvalue weighted by Gasteiger charge is 2.09. The van der Waals surface area contributed by atoms with Crippen molar-refractivity contribution in [3.63, 3.8) is 0 Å². The molecule has 0 aliphatic heterocycles. The maximum atomic E-state index is 12.2. The lowest BCUT2D eigenvalue weighted by Crippen LogP contribution is -2.36. The first-order chi connectivity index (χ1) is 13.0. The van der Waals surface area contributed by atoms with Crippen LogP contribution in [0.4, 0.5) is 10.5 Å². The summed E-state index contributed by atoms with van der Waals surface area (Å²) in [6.45, 7) is 3.35. The molecule has 0 bridgehead atoms. The second-order valence-corrected chi connectivity index (χ2v) is 6.56. The zero-order valence-corrected chi connectivity index (χ0v) is 16.6. The summed E-state index contributed by atoms with van der Waals surface area (Å²) in [7, 11) is 0. The molecule has 0 fully saturated rings. The van der Waals surface area contributed by atoms with E-state index < -0.39 is 0 Å². The van der Waals surface area contributed by atoms with Crippen LogP contribution in [-0.2, 0) is 11.2 Å². The number of nitrogens with one attached hydrogen (secondary N) is 3. The highest BCUT2D eigenvalue weighted by molar-refractivity contribution is 5.92. The number of carbonyl (C=O) groups excluding carboxylic acids is 2. The fraction of sp³-hybridized carbons (Fsp3) is 0.238. The van der Waals surface area contributed by atoms with E-state index in [1.54, 1.807) is 12.1 Å². The van der Waals surface area contributed by atoms with Crippen LogP contribution in [0.5, 0.6) is 5.75 Å². The van der Waals surface area contributed by atoms with E-state index in [4.69, 9.17) is 4.74 Å². The molecule has 1 heterocycles. The molecule has 3 rings (SSSR count). The Morgan fingerprint density at radius 1 is 1.11 bits per heavy atom. The molecule has 6 nitrogen and oxygen atoms in total. The van der Waals surface area contributed by atoms with E-state index in [0.29, 0.717) is 5.75 Å². The van der Waals surface area contributed by atoms with E-state index >= 15 is 0 Å². The highest BCUT2D eigenvalue weighted by Crippen LogP contribution is 2.18. The van der Waals surface area contributed by atoms with E-state index in [9.17, 15) is 9.59 Å². The van der Waals surface area contributed by atoms with Gasteiger partial charge in [0.1, 0.15) is 5.75 Å². The van der Waals surface area contributed by atoms with Gasteiger partial charge in [-0.2, -0.15) is 0 Å². The van der Waals surface area contributed by atoms with Gasteiger partial charge in [-0.3, -0.25) is 4.79 Å². The van der Waals surface area contributed by atoms with Gasteiger partial charge in [0, 0.05) is 30.4 Å². The molecule has 2 amide bonds. The fourth-order valence-electron chi connectivity index (χ4n) is 2.86. The maximum Gasteiger partial charge on any atom is 0.319 e. The van der Waals surface area contributed by atoms with E-state index in [1.807, 2.05) is 49.5 Å². The first kappa shape index (κ1) is 21.3. The zero-order valence-electron chi connectivity index (χ0n) is 15.8. The van der Waals surface area contributed by atoms with Crippen molar-refractivity contribution < 1.29 is 14.3 Å². The first-order valence-electron chi connectivity index (χ1n) is 8.91. The number of esters is 1. The van der Waals surface area contributed by atoms with Crippen molar-refractivity contribution in [2.24, 2.45) is 0 Å². The van der Waals surface area contributed by atoms with E-state index in [-0.39, 0.29) is 30.4 Å². The number of benzene rings is 2. The number of urea groups is 1. The number of hydrogen-bond acceptors (Lipinski definition) is 3. The van der Waals surface area contributed by atoms with Gasteiger partial charge in [-0.05, 0) is 61.0 Å². The number of hydrogen-bond donors (Lipinski definition) is 3. The third-order valence-corrected chi connectivity index (χ3v) is 4.24. The summed E-state index contributed by atoms with van der Waals surface area (Å²) in [5.74, 6) is 0.206. The predicted octanol–water partition coefficient (Wildman–Crippen LogP) is 4.66. The topological polar surface area (TPSA) is 83.2 Å². The van der Waals surface area contributed by atoms with Crippen LogP contribution in [0.25, 0.3) is 10.9 Å². The Balaban J connectivity index is 0.00000280. The number of aromatic nitrogens is 1. The molecule has 148 valence electrons. The second-order valence-electron chi connectivity index (χ2n) is 6.56. The van der Waals surface area contributed by atoms with Crippen LogP contribution in [0.15, 0.2) is 54.7 Å². The minimum atomic E-state index is -0.331. The second kappa shape index (κ2) is 9.80. The third kappa shape index (κ3) is 6.03. The number of aromatic amines is 1. The number of halogens is 1. The molecule has 1 unspecified atom stereocenters. The summed E-state index contributed by atoms with van der Waals surface area (Å²) in [6.07, 6.45) is 3.49. The van der Waals surface area contributed by atoms with Gasteiger partial charge in [0.2, 0.25) is 0 Å². The van der Waals surface area contributed by atoms with Gasteiger partial charge in [-0.25, -0.2) is 4.79 Å². The number of rotatable bonds is 6. The van der Waals surface area contributed by atoms with E-state index in [1.165, 1.54) is 6.92 Å². The lowest BCUT2D eigenvalue weighted by molar-refractivity contribution is -0.131. The lowest BCUT2D eigenvalue weighted by atomic mass is 10.1. The summed E-state index contributed by atoms with van der Waals surface area (Å²) < 4.78 is 5.02. The molecule has 2 aromatic carbocycles. The van der Waals surface area contributed by atoms with Gasteiger partial charge >= 0.3 is 12.0 Å². The normalized spacial score (nSPS) is 11.4. The van der Waals surface area contributed by atoms with Crippen LogP contribution >= 0.6 is 12.4 Å². The Morgan fingerprint density at radius 3 is 2.57 bits per heavy atom. The van der Waals surface area contributed by atoms with Gasteiger partial charge < -0.3 is 20.4 Å². The number of H-pyrrole nitrogens is 1. The summed E-state index contributed by atoms with van der Waals surface area (Å²) in [5.41, 5.74) is 2.85. The molecule has 28 heavy (non-hydrogen) atoms. The molecule has 1 atom stereocenters. The standard InChI is InChI=1S/C21H23N3O3.ClH/c1-14(3-4-16-5-9-19(10-6-16)27-15(2)25)23-21(26)24-18-8-7-17-11-12-22-20(17)13-18;/h5-14,22H,3-4H2,1-2H3,(H2,23,24,26);1H. The molecule has 0 aliphatic rings. The van der Waals surface area contributed by atoms with Gasteiger partial charge in [0.05, 0.1) is 0 Å². The lowest BCUT2D eigenvalue weighted by Gasteiger charge is -2.15. The molecule has 7 heteroatoms. The molecule has 3 N–H and O–H groups in total. The van der Waals surface area contributed by atoms with Gasteiger partial charge in [0.25, 0.3) is 0 Å². The maximum absolute atomic E-state index is 12.2. The average Bonchev–Trinajstić information content (AvgIpc) is 3.08. The number of ether oxygens (including phenoxy) is 1. The molecule has 0 aliphatic carbocycles. The van der Waals surface area contributed by atoms with Crippen molar-refractivity contribution in [3.05, 3.63) is 60.3 Å². The van der Waals surface area contributed by atoms with Crippen LogP contribution < -0.4 is 15.4 Å². The highest BCUT2D eigenvalue weighted by atomic mass is 35.5. The van der Waals surface area contributed by atoms with Crippen LogP contribution in [0.1, 0.15) is 25.8 Å². The number of anilines is 1. The Bertz CT molecular complexity index is 937. The van der Waals surface area contributed by atoms with Crippen molar-refractivity contribution in [3.8, 4) is 5.75 Å². The van der Waals surface area contributed by atoms with Crippen LogP contribution in [-0.4, -0.2) is 23.0 Å². The Labute approximate surface area is 170 Å². The average molecular weight is 402 g/mol. The summed E-state index contributed by atoms with van der Waals surface area (Å²) in [4.78, 5) is 26.2. The predicted molar refractivity (Wildman–Crippen MR) is 113 cm³/mol. The van der Waals surface area contributed by atoms with E-state index in [0.717, 1.165) is 35.0 Å². The minimum Gasteiger partial charge on any atom is -0.427 e. The Morgan fingerprint density at radius 2 is 1.86 bits per heavy atom. The van der Waals surface area contributed by atoms with E-state index in [2.05, 4.69) is 15.6 Å². The van der Waals surface area contributed by atoms with Crippen molar-refractivity contribution in [2.75, 3.05) is 5.32 Å². The van der Waals surface area contributed by atoms with Crippen molar-refractivity contribution in [2.45, 2.75) is 32.7 Å². The summed E-state index contributed by atoms with van der Waals surface area (Å²) in [6, 6.07) is 14.9. The molecule has 0 radical (unpaired) electrons. The zero-order chi connectivity index (χ0) is 19.2. The monoisotopic (exact) mass is 401 g/mol. The molecule has 0 saturated heterocycles. The number of fused-ring (bicyclic) bond motifs is 1. The van der Waals surface area contributed by atoms with Gasteiger partial charge in [-0.15, -0.1) is 12.4 Å². The summed E-state index contributed by atoms with van der Waals surface area (Å²) >= 11 is 0. The fourth-order valence-corrected chi connectivity index (χ4v) is 2.86. The molecule has 1 aromatic heterocycles. The number of aryl methyl sites for hydroxylation is 1. The van der Waals surface area contributed by atoms with Crippen LogP contribution in [0.3, 0.4) is 0 Å². The first-order valence-corrected chi connectivity index (χ1v) is 8.91. The Hall–Kier alpha value is -2.99.